The maximum Gasteiger partial charge on any atom is 0.412 e. The largest absolute Gasteiger partial charge is 0.494 e. The highest BCUT2D eigenvalue weighted by Gasteiger charge is 2.22. The molecule has 28 heavy (non-hydrogen) atoms. The summed E-state index contributed by atoms with van der Waals surface area (Å²) in [4.78, 5) is 12.2. The molecular weight excluding hydrogens is 423 g/mol. The van der Waals surface area contributed by atoms with Crippen LogP contribution in [-0.2, 0) is 9.02 Å². The van der Waals surface area contributed by atoms with Gasteiger partial charge in [0.2, 0.25) is 0 Å². The number of benzene rings is 2. The highest BCUT2D eigenvalue weighted by atomic mass is 35.5. The molecule has 1 unspecified atom stereocenters. The smallest absolute Gasteiger partial charge is 0.412 e. The van der Waals surface area contributed by atoms with Crippen molar-refractivity contribution in [1.29, 1.82) is 0 Å². The molecule has 0 aliphatic carbocycles. The number of carbonyl (C=O) groups excluding carboxylic acids is 1. The van der Waals surface area contributed by atoms with Gasteiger partial charge in [-0.15, -0.1) is 0 Å². The Morgan fingerprint density at radius 3 is 2.93 bits per heavy atom. The van der Waals surface area contributed by atoms with Gasteiger partial charge in [-0.3, -0.25) is 5.32 Å². The Morgan fingerprint density at radius 1 is 1.25 bits per heavy atom. The summed E-state index contributed by atoms with van der Waals surface area (Å²) in [5, 5.41) is 7.53. The molecule has 1 heterocycles. The summed E-state index contributed by atoms with van der Waals surface area (Å²) in [5.74, 6) is 0.730. The molecule has 1 amide bonds. The summed E-state index contributed by atoms with van der Waals surface area (Å²) in [6.45, 7) is 2.36. The Bertz CT molecular complexity index is 879. The van der Waals surface area contributed by atoms with Gasteiger partial charge < -0.3 is 13.8 Å². The molecule has 0 bridgehead atoms. The monoisotopic (exact) mass is 440 g/mol. The molecule has 9 heteroatoms. The number of amides is 1. The molecule has 6 nitrogen and oxygen atoms in total. The minimum Gasteiger partial charge on any atom is -0.494 e. The van der Waals surface area contributed by atoms with Crippen molar-refractivity contribution < 1.29 is 18.6 Å². The second kappa shape index (κ2) is 9.91. The molecule has 1 aliphatic heterocycles. The number of halogens is 2. The minimum atomic E-state index is -0.438. The highest BCUT2D eigenvalue weighted by molar-refractivity contribution is 7.94. The Balaban J connectivity index is 1.36. The van der Waals surface area contributed by atoms with Crippen molar-refractivity contribution in [2.75, 3.05) is 11.9 Å². The number of hydrogen-bond acceptors (Lipinski definition) is 6. The van der Waals surface area contributed by atoms with Crippen molar-refractivity contribution in [3.8, 4) is 5.75 Å². The minimum absolute atomic E-state index is 0.301. The summed E-state index contributed by atoms with van der Waals surface area (Å²) in [7, 11) is 0. The first-order valence-electron chi connectivity index (χ1n) is 8.58. The maximum atomic E-state index is 11.3. The first-order valence-corrected chi connectivity index (χ1v) is 10.1. The van der Waals surface area contributed by atoms with Gasteiger partial charge in [0.25, 0.3) is 0 Å². The number of fused-ring (bicyclic) bond motifs is 1. The van der Waals surface area contributed by atoms with Crippen molar-refractivity contribution in [3.05, 3.63) is 52.0 Å². The lowest BCUT2D eigenvalue weighted by Gasteiger charge is -2.23. The third kappa shape index (κ3) is 5.70. The van der Waals surface area contributed by atoms with E-state index in [1.165, 1.54) is 0 Å². The molecule has 2 aromatic carbocycles. The van der Waals surface area contributed by atoms with Crippen LogP contribution in [0.1, 0.15) is 31.4 Å². The molecule has 3 rings (SSSR count). The SMILES string of the molecule is CC1OC(=O)Nc2ccc(OCCCC=NOSc3ccc(Cl)c(Cl)c3)cc21. The highest BCUT2D eigenvalue weighted by Crippen LogP contribution is 2.33. The lowest BCUT2D eigenvalue weighted by atomic mass is 10.1. The number of cyclic esters (lactones) is 1. The molecule has 0 spiro atoms. The number of oxime groups is 1. The van der Waals surface area contributed by atoms with Gasteiger partial charge in [-0.05, 0) is 56.2 Å². The average Bonchev–Trinajstić information content (AvgIpc) is 2.67. The van der Waals surface area contributed by atoms with Gasteiger partial charge in [0, 0.05) is 11.8 Å². The van der Waals surface area contributed by atoms with Gasteiger partial charge in [0.05, 0.1) is 27.2 Å². The quantitative estimate of drug-likeness (QED) is 0.220. The fourth-order valence-corrected chi connectivity index (χ4v) is 3.33. The van der Waals surface area contributed by atoms with Crippen LogP contribution in [0.25, 0.3) is 0 Å². The second-order valence-corrected chi connectivity index (χ2v) is 7.54. The van der Waals surface area contributed by atoms with Gasteiger partial charge in [0.1, 0.15) is 23.9 Å². The van der Waals surface area contributed by atoms with E-state index in [0.717, 1.165) is 40.4 Å². The van der Waals surface area contributed by atoms with Crippen molar-refractivity contribution >= 4 is 53.2 Å². The number of hydrogen-bond donors (Lipinski definition) is 1. The topological polar surface area (TPSA) is 69.2 Å². The summed E-state index contributed by atoms with van der Waals surface area (Å²) in [6, 6.07) is 10.7. The molecule has 1 N–H and O–H groups in total. The third-order valence-corrected chi connectivity index (χ3v) is 5.22. The van der Waals surface area contributed by atoms with Crippen LogP contribution < -0.4 is 10.1 Å². The van der Waals surface area contributed by atoms with Crippen LogP contribution in [0.2, 0.25) is 10.0 Å². The van der Waals surface area contributed by atoms with Crippen LogP contribution in [-0.4, -0.2) is 18.9 Å². The van der Waals surface area contributed by atoms with Crippen LogP contribution in [0.3, 0.4) is 0 Å². The van der Waals surface area contributed by atoms with Crippen LogP contribution in [0, 0.1) is 0 Å². The molecule has 1 atom stereocenters. The molecule has 0 aromatic heterocycles. The molecule has 0 fully saturated rings. The van der Waals surface area contributed by atoms with Crippen molar-refractivity contribution in [2.45, 2.75) is 30.8 Å². The fraction of sp³-hybridized carbons (Fsp3) is 0.263. The molecule has 1 aliphatic rings. The van der Waals surface area contributed by atoms with E-state index in [1.807, 2.05) is 25.1 Å². The van der Waals surface area contributed by atoms with Gasteiger partial charge in [0.15, 0.2) is 0 Å². The summed E-state index contributed by atoms with van der Waals surface area (Å²) in [6.07, 6.45) is 2.44. The lowest BCUT2D eigenvalue weighted by Crippen LogP contribution is -2.23. The second-order valence-electron chi connectivity index (χ2n) is 5.93. The molecule has 0 radical (unpaired) electrons. The fourth-order valence-electron chi connectivity index (χ4n) is 2.49. The van der Waals surface area contributed by atoms with Crippen molar-refractivity contribution in [3.63, 3.8) is 0 Å². The normalized spacial score (nSPS) is 15.7. The molecule has 2 aromatic rings. The summed E-state index contributed by atoms with van der Waals surface area (Å²) >= 11 is 12.9. The maximum absolute atomic E-state index is 11.3. The van der Waals surface area contributed by atoms with Gasteiger partial charge >= 0.3 is 6.09 Å². The van der Waals surface area contributed by atoms with Crippen LogP contribution in [0.4, 0.5) is 10.5 Å². The number of nitrogens with zero attached hydrogens (tertiary/aromatic N) is 1. The average molecular weight is 441 g/mol. The Hall–Kier alpha value is -2.09. The van der Waals surface area contributed by atoms with E-state index in [1.54, 1.807) is 24.4 Å². The van der Waals surface area contributed by atoms with E-state index >= 15 is 0 Å². The van der Waals surface area contributed by atoms with E-state index < -0.39 is 6.09 Å². The number of nitrogens with one attached hydrogen (secondary N) is 1. The number of carbonyl (C=O) groups is 1. The lowest BCUT2D eigenvalue weighted by molar-refractivity contribution is 0.116. The van der Waals surface area contributed by atoms with E-state index in [0.29, 0.717) is 23.1 Å². The zero-order valence-corrected chi connectivity index (χ0v) is 17.3. The van der Waals surface area contributed by atoms with E-state index in [9.17, 15) is 4.79 Å². The zero-order valence-electron chi connectivity index (χ0n) is 15.0. The molecule has 148 valence electrons. The number of anilines is 1. The van der Waals surface area contributed by atoms with E-state index in [2.05, 4.69) is 10.5 Å². The molecular formula is C19H18Cl2N2O4S. The first-order chi connectivity index (χ1) is 13.5. The van der Waals surface area contributed by atoms with Crippen molar-refractivity contribution in [2.24, 2.45) is 5.16 Å². The number of ether oxygens (including phenoxy) is 2. The van der Waals surface area contributed by atoms with E-state index in [4.69, 9.17) is 37.0 Å². The zero-order chi connectivity index (χ0) is 19.9. The predicted octanol–water partition coefficient (Wildman–Crippen LogP) is 6.49. The van der Waals surface area contributed by atoms with E-state index in [-0.39, 0.29) is 6.10 Å². The summed E-state index contributed by atoms with van der Waals surface area (Å²) in [5.41, 5.74) is 1.64. The van der Waals surface area contributed by atoms with Crippen LogP contribution in [0.5, 0.6) is 5.75 Å². The molecule has 0 saturated carbocycles. The number of unbranched alkanes of at least 4 members (excludes halogenated alkanes) is 1. The Morgan fingerprint density at radius 2 is 2.11 bits per heavy atom. The third-order valence-electron chi connectivity index (χ3n) is 3.87. The number of rotatable bonds is 8. The van der Waals surface area contributed by atoms with Gasteiger partial charge in [-0.25, -0.2) is 4.79 Å². The van der Waals surface area contributed by atoms with Crippen molar-refractivity contribution in [1.82, 2.24) is 0 Å². The standard InChI is InChI=1S/C19H18Cl2N2O4S/c1-12-15-10-13(4-7-18(15)23-19(24)26-12)25-9-3-2-8-22-27-28-14-5-6-16(20)17(21)11-14/h4-8,10-12H,2-3,9H2,1H3,(H,23,24). The van der Waals surface area contributed by atoms with Crippen LogP contribution >= 0.6 is 35.2 Å². The first kappa shape index (κ1) is 20.6. The van der Waals surface area contributed by atoms with Gasteiger partial charge in [-0.2, -0.15) is 0 Å². The Kier molecular flexibility index (Phi) is 7.30. The molecule has 0 saturated heterocycles. The Labute approximate surface area is 177 Å². The van der Waals surface area contributed by atoms with Crippen LogP contribution in [0.15, 0.2) is 46.4 Å². The predicted molar refractivity (Wildman–Crippen MR) is 112 cm³/mol. The summed E-state index contributed by atoms with van der Waals surface area (Å²) < 4.78 is 16.0. The van der Waals surface area contributed by atoms with Gasteiger partial charge in [-0.1, -0.05) is 28.4 Å².